The number of carboxylic acids is 1. The van der Waals surface area contributed by atoms with E-state index >= 15 is 0 Å². The predicted octanol–water partition coefficient (Wildman–Crippen LogP) is 0.970. The Morgan fingerprint density at radius 2 is 2.15 bits per heavy atom. The van der Waals surface area contributed by atoms with Crippen molar-refractivity contribution in [2.24, 2.45) is 0 Å². The maximum Gasteiger partial charge on any atom is 0.328 e. The lowest BCUT2D eigenvalue weighted by molar-refractivity contribution is -0.144. The van der Waals surface area contributed by atoms with Gasteiger partial charge in [-0.2, -0.15) is 0 Å². The topological polar surface area (TPSA) is 86.7 Å². The van der Waals surface area contributed by atoms with Gasteiger partial charge in [0.15, 0.2) is 0 Å². The molecule has 1 atom stereocenters. The average molecular weight is 409 g/mol. The summed E-state index contributed by atoms with van der Waals surface area (Å²) in [6.45, 7) is -0.380. The Morgan fingerprint density at radius 1 is 1.45 bits per heavy atom. The van der Waals surface area contributed by atoms with Crippen LogP contribution in [0.2, 0.25) is 5.02 Å². The zero-order valence-corrected chi connectivity index (χ0v) is 13.0. The molecule has 1 aromatic rings. The third-order valence-corrected chi connectivity index (χ3v) is 4.06. The van der Waals surface area contributed by atoms with Crippen molar-refractivity contribution in [3.05, 3.63) is 32.4 Å². The molecule has 0 aliphatic carbocycles. The maximum absolute atomic E-state index is 12.5. The number of rotatable bonds is 2. The summed E-state index contributed by atoms with van der Waals surface area (Å²) in [7, 11) is 0. The molecule has 1 fully saturated rings. The van der Waals surface area contributed by atoms with E-state index in [2.05, 4.69) is 5.32 Å². The highest BCUT2D eigenvalue weighted by Crippen LogP contribution is 2.21. The number of carbonyl (C=O) groups excluding carboxylic acids is 2. The highest BCUT2D eigenvalue weighted by molar-refractivity contribution is 14.1. The monoisotopic (exact) mass is 408 g/mol. The van der Waals surface area contributed by atoms with Crippen molar-refractivity contribution in [2.45, 2.75) is 6.04 Å². The molecule has 8 heteroatoms. The number of hydrogen-bond acceptors (Lipinski definition) is 3. The molecule has 1 aromatic carbocycles. The first-order chi connectivity index (χ1) is 9.40. The Bertz CT molecular complexity index is 593. The second-order valence-corrected chi connectivity index (χ2v) is 5.81. The normalized spacial score (nSPS) is 18.6. The molecule has 0 saturated carbocycles. The SMILES string of the molecule is O=C1CN(C(=O)c2cc(Cl)ccc2I)C(C(=O)O)CN1. The maximum atomic E-state index is 12.5. The fourth-order valence-corrected chi connectivity index (χ4v) is 2.63. The molecule has 1 heterocycles. The Balaban J connectivity index is 2.36. The van der Waals surface area contributed by atoms with E-state index in [1.54, 1.807) is 12.1 Å². The Morgan fingerprint density at radius 3 is 2.80 bits per heavy atom. The number of carboxylic acid groups (broad SMARTS) is 1. The first-order valence-corrected chi connectivity index (χ1v) is 7.11. The van der Waals surface area contributed by atoms with E-state index < -0.39 is 17.9 Å². The minimum atomic E-state index is -1.16. The average Bonchev–Trinajstić information content (AvgIpc) is 2.40. The number of carbonyl (C=O) groups is 3. The van der Waals surface area contributed by atoms with Crippen LogP contribution in [0.1, 0.15) is 10.4 Å². The quantitative estimate of drug-likeness (QED) is 0.714. The molecule has 0 spiro atoms. The van der Waals surface area contributed by atoms with Gasteiger partial charge in [-0.05, 0) is 40.8 Å². The number of halogens is 2. The van der Waals surface area contributed by atoms with Crippen molar-refractivity contribution in [2.75, 3.05) is 13.1 Å². The van der Waals surface area contributed by atoms with Crippen molar-refractivity contribution >= 4 is 52.0 Å². The van der Waals surface area contributed by atoms with Gasteiger partial charge in [-0.15, -0.1) is 0 Å². The summed E-state index contributed by atoms with van der Waals surface area (Å²) in [6, 6.07) is 3.69. The smallest absolute Gasteiger partial charge is 0.328 e. The third kappa shape index (κ3) is 3.04. The minimum absolute atomic E-state index is 0.100. The molecule has 20 heavy (non-hydrogen) atoms. The van der Waals surface area contributed by atoms with Crippen molar-refractivity contribution in [3.63, 3.8) is 0 Å². The van der Waals surface area contributed by atoms with Crippen LogP contribution in [-0.4, -0.2) is 46.9 Å². The number of benzene rings is 1. The van der Waals surface area contributed by atoms with Gasteiger partial charge < -0.3 is 15.3 Å². The number of amides is 2. The van der Waals surface area contributed by atoms with Crippen LogP contribution in [0, 0.1) is 3.57 Å². The number of nitrogens with one attached hydrogen (secondary N) is 1. The summed E-state index contributed by atoms with van der Waals surface area (Å²) in [6.07, 6.45) is 0. The zero-order valence-electron chi connectivity index (χ0n) is 10.1. The number of hydrogen-bond donors (Lipinski definition) is 2. The lowest BCUT2D eigenvalue weighted by Gasteiger charge is -2.33. The molecule has 2 N–H and O–H groups in total. The Hall–Kier alpha value is -1.35. The Labute approximate surface area is 133 Å². The highest BCUT2D eigenvalue weighted by Gasteiger charge is 2.36. The van der Waals surface area contributed by atoms with E-state index in [9.17, 15) is 14.4 Å². The van der Waals surface area contributed by atoms with E-state index in [-0.39, 0.29) is 19.0 Å². The summed E-state index contributed by atoms with van der Waals surface area (Å²) in [5, 5.41) is 12.0. The largest absolute Gasteiger partial charge is 0.480 e. The summed E-state index contributed by atoms with van der Waals surface area (Å²) < 4.78 is 0.645. The second kappa shape index (κ2) is 5.96. The molecule has 1 aliphatic rings. The van der Waals surface area contributed by atoms with Crippen LogP contribution in [-0.2, 0) is 9.59 Å². The second-order valence-electron chi connectivity index (χ2n) is 4.22. The first-order valence-electron chi connectivity index (χ1n) is 5.65. The molecule has 1 unspecified atom stereocenters. The molecule has 0 bridgehead atoms. The van der Waals surface area contributed by atoms with Crippen molar-refractivity contribution in [1.29, 1.82) is 0 Å². The predicted molar refractivity (Wildman–Crippen MR) is 79.6 cm³/mol. The van der Waals surface area contributed by atoms with Crippen LogP contribution in [0.25, 0.3) is 0 Å². The number of nitrogens with zero attached hydrogens (tertiary/aromatic N) is 1. The highest BCUT2D eigenvalue weighted by atomic mass is 127. The molecule has 6 nitrogen and oxygen atoms in total. The van der Waals surface area contributed by atoms with Gasteiger partial charge in [0.05, 0.1) is 5.56 Å². The summed E-state index contributed by atoms with van der Waals surface area (Å²) in [4.78, 5) is 36.1. The fourth-order valence-electron chi connectivity index (χ4n) is 1.89. The van der Waals surface area contributed by atoms with Gasteiger partial charge in [-0.25, -0.2) is 4.79 Å². The van der Waals surface area contributed by atoms with Crippen LogP contribution in [0.4, 0.5) is 0 Å². The molecule has 2 rings (SSSR count). The molecule has 0 aromatic heterocycles. The van der Waals surface area contributed by atoms with Gasteiger partial charge >= 0.3 is 5.97 Å². The Kier molecular flexibility index (Phi) is 4.48. The lowest BCUT2D eigenvalue weighted by Crippen LogP contribution is -2.59. The van der Waals surface area contributed by atoms with Gasteiger partial charge in [0.25, 0.3) is 5.91 Å². The van der Waals surface area contributed by atoms with Crippen LogP contribution >= 0.6 is 34.2 Å². The van der Waals surface area contributed by atoms with Gasteiger partial charge in [-0.3, -0.25) is 9.59 Å². The molecular formula is C12H10ClIN2O4. The van der Waals surface area contributed by atoms with Crippen molar-refractivity contribution in [3.8, 4) is 0 Å². The van der Waals surface area contributed by atoms with Gasteiger partial charge in [-0.1, -0.05) is 11.6 Å². The third-order valence-electron chi connectivity index (χ3n) is 2.89. The van der Waals surface area contributed by atoms with Crippen molar-refractivity contribution < 1.29 is 19.5 Å². The molecule has 1 aliphatic heterocycles. The molecular weight excluding hydrogens is 398 g/mol. The van der Waals surface area contributed by atoms with Crippen LogP contribution in [0.5, 0.6) is 0 Å². The van der Waals surface area contributed by atoms with E-state index in [0.29, 0.717) is 14.2 Å². The number of piperazine rings is 1. The van der Waals surface area contributed by atoms with Crippen LogP contribution in [0.3, 0.4) is 0 Å². The standard InChI is InChI=1S/C12H10ClIN2O4/c13-6-1-2-8(14)7(3-6)11(18)16-5-10(17)15-4-9(16)12(19)20/h1-3,9H,4-5H2,(H,15,17)(H,19,20). The lowest BCUT2D eigenvalue weighted by atomic mass is 10.1. The molecule has 106 valence electrons. The van der Waals surface area contributed by atoms with E-state index in [1.165, 1.54) is 6.07 Å². The molecule has 2 amide bonds. The van der Waals surface area contributed by atoms with Gasteiger partial charge in [0.2, 0.25) is 5.91 Å². The zero-order chi connectivity index (χ0) is 14.9. The van der Waals surface area contributed by atoms with E-state index in [0.717, 1.165) is 4.90 Å². The summed E-state index contributed by atoms with van der Waals surface area (Å²) in [5.74, 6) is -2.05. The number of aliphatic carboxylic acids is 1. The molecule has 0 radical (unpaired) electrons. The van der Waals surface area contributed by atoms with Crippen LogP contribution in [0.15, 0.2) is 18.2 Å². The fraction of sp³-hybridized carbons (Fsp3) is 0.250. The summed E-state index contributed by atoms with van der Waals surface area (Å²) in [5.41, 5.74) is 0.291. The molecule has 1 saturated heterocycles. The van der Waals surface area contributed by atoms with Gasteiger partial charge in [0, 0.05) is 15.1 Å². The van der Waals surface area contributed by atoms with Crippen molar-refractivity contribution in [1.82, 2.24) is 10.2 Å². The van der Waals surface area contributed by atoms with Gasteiger partial charge in [0.1, 0.15) is 12.6 Å². The minimum Gasteiger partial charge on any atom is -0.480 e. The first kappa shape index (κ1) is 15.0. The van der Waals surface area contributed by atoms with E-state index in [4.69, 9.17) is 16.7 Å². The van der Waals surface area contributed by atoms with E-state index in [1.807, 2.05) is 22.6 Å². The summed E-state index contributed by atoms with van der Waals surface area (Å²) >= 11 is 7.82. The van der Waals surface area contributed by atoms with Crippen LogP contribution < -0.4 is 5.32 Å².